The SMILES string of the molecule is CC(=O)NC1C(OCCOCCOCCNCC(=O)CN(CC(=O)NCCOCCOCCOC2OC(CO)C(O)C(O)C2NC(C)=O)C(Cc2ccc(OP(=O)([O-])C(C)C)cc2)C(=O)NCCOCCOCCOC2OC(CO)C(O)C(O)C2NC(C)=O)OC(CO)C(O)C1O. The molecule has 17 unspecified atom stereocenters. The first-order chi connectivity index (χ1) is 46.3. The third-order valence-corrected chi connectivity index (χ3v) is 16.7. The molecule has 4 rings (SSSR count). The Balaban J connectivity index is 1.33. The summed E-state index contributed by atoms with van der Waals surface area (Å²) in [5, 5.41) is 107. The molecule has 0 bridgehead atoms. The van der Waals surface area contributed by atoms with Crippen molar-refractivity contribution in [1.29, 1.82) is 0 Å². The van der Waals surface area contributed by atoms with E-state index in [1.807, 2.05) is 0 Å². The van der Waals surface area contributed by atoms with Gasteiger partial charge < -0.3 is 144 Å². The highest BCUT2D eigenvalue weighted by Crippen LogP contribution is 2.43. The van der Waals surface area contributed by atoms with Gasteiger partial charge in [0.2, 0.25) is 29.5 Å². The van der Waals surface area contributed by atoms with E-state index in [0.29, 0.717) is 5.56 Å². The summed E-state index contributed by atoms with van der Waals surface area (Å²) in [6, 6.07) is 1.34. The maximum atomic E-state index is 14.3. The number of ether oxygens (including phenoxy) is 12. The van der Waals surface area contributed by atoms with Crippen molar-refractivity contribution in [3.63, 3.8) is 0 Å². The Kier molecular flexibility index (Phi) is 40.1. The molecule has 97 heavy (non-hydrogen) atoms. The summed E-state index contributed by atoms with van der Waals surface area (Å²) in [6.07, 6.45) is -16.1. The predicted molar refractivity (Wildman–Crippen MR) is 332 cm³/mol. The van der Waals surface area contributed by atoms with Gasteiger partial charge in [0, 0.05) is 46.1 Å². The van der Waals surface area contributed by atoms with E-state index in [2.05, 4.69) is 31.9 Å². The standard InChI is InChI=1S/C59H102N7O30P/c1-35(2)97(82,83)96-41-8-6-39(7-9-41)28-42(56(81)62-12-15-86-18-21-89-24-27-92-59-49(65-38(5)72)55(80)52(77)45(34-69)95-59)66(31-46(74)61-11-14-85-17-20-88-23-26-91-58-48(64-37(4)71)54(79)51(76)44(33-68)94-58)30-40(73)29-60-10-13-84-16-19-87-22-25-90-57-47(63-36(3)70)53(78)50(75)43(32-67)93-57/h6-9,35,42-45,47-55,57-60,67-69,75-80H,10-34H2,1-5H3,(H,61,74)(H,62,81)(H,63,70)(H,64,71)(H,65,72)(H,82,83)/p-1. The van der Waals surface area contributed by atoms with Gasteiger partial charge in [0.05, 0.1) is 145 Å². The van der Waals surface area contributed by atoms with Crippen LogP contribution >= 0.6 is 7.60 Å². The van der Waals surface area contributed by atoms with Crippen molar-refractivity contribution in [1.82, 2.24) is 36.8 Å². The van der Waals surface area contributed by atoms with Crippen molar-refractivity contribution in [2.45, 2.75) is 145 Å². The van der Waals surface area contributed by atoms with Crippen LogP contribution in [0.15, 0.2) is 24.3 Å². The average molecular weight is 1420 g/mol. The van der Waals surface area contributed by atoms with Crippen LogP contribution in [0.25, 0.3) is 0 Å². The Labute approximate surface area is 562 Å². The second-order valence-corrected chi connectivity index (χ2v) is 25.2. The zero-order chi connectivity index (χ0) is 71.5. The molecule has 1 aromatic carbocycles. The fourth-order valence-corrected chi connectivity index (χ4v) is 10.4. The van der Waals surface area contributed by atoms with Crippen LogP contribution in [0, 0.1) is 0 Å². The lowest BCUT2D eigenvalue weighted by molar-refractivity contribution is -0.272. The van der Waals surface area contributed by atoms with Crippen LogP contribution in [0.5, 0.6) is 5.75 Å². The smallest absolute Gasteiger partial charge is 0.237 e. The highest BCUT2D eigenvalue weighted by Gasteiger charge is 2.48. The number of aliphatic hydroxyl groups excluding tert-OH is 9. The number of carbonyl (C=O) groups excluding carboxylic acids is 6. The van der Waals surface area contributed by atoms with E-state index in [1.54, 1.807) is 12.1 Å². The zero-order valence-electron chi connectivity index (χ0n) is 55.3. The lowest BCUT2D eigenvalue weighted by Crippen LogP contribution is -2.64. The minimum atomic E-state index is -4.29. The summed E-state index contributed by atoms with van der Waals surface area (Å²) in [7, 11) is -4.29. The molecule has 3 heterocycles. The second-order valence-electron chi connectivity index (χ2n) is 22.9. The molecule has 3 fully saturated rings. The fraction of sp³-hybridized carbons (Fsp3) is 0.797. The van der Waals surface area contributed by atoms with Gasteiger partial charge >= 0.3 is 0 Å². The Bertz CT molecular complexity index is 2500. The van der Waals surface area contributed by atoms with E-state index in [4.69, 9.17) is 61.4 Å². The quantitative estimate of drug-likeness (QED) is 0.0213. The number of nitrogens with zero attached hydrogens (tertiary/aromatic N) is 1. The zero-order valence-corrected chi connectivity index (χ0v) is 56.2. The van der Waals surface area contributed by atoms with Crippen molar-refractivity contribution in [3.8, 4) is 5.75 Å². The van der Waals surface area contributed by atoms with Gasteiger partial charge in [-0.25, -0.2) is 0 Å². The Morgan fingerprint density at radius 1 is 0.515 bits per heavy atom. The van der Waals surface area contributed by atoms with Crippen LogP contribution in [-0.2, 0) is 96.6 Å². The first kappa shape index (κ1) is 84.7. The van der Waals surface area contributed by atoms with Crippen molar-refractivity contribution in [2.75, 3.05) is 158 Å². The summed E-state index contributed by atoms with van der Waals surface area (Å²) < 4.78 is 85.0. The van der Waals surface area contributed by atoms with E-state index in [9.17, 15) is 84.2 Å². The molecule has 0 spiro atoms. The number of nitrogens with one attached hydrogen (secondary N) is 6. The number of ketones is 1. The summed E-state index contributed by atoms with van der Waals surface area (Å²) in [5.41, 5.74) is -0.321. The van der Waals surface area contributed by atoms with E-state index in [0.717, 1.165) is 0 Å². The molecule has 17 atom stereocenters. The fourth-order valence-electron chi connectivity index (χ4n) is 9.82. The Morgan fingerprint density at radius 3 is 1.25 bits per heavy atom. The molecule has 15 N–H and O–H groups in total. The number of carbonyl (C=O) groups is 6. The Morgan fingerprint density at radius 2 is 0.876 bits per heavy atom. The van der Waals surface area contributed by atoms with Crippen LogP contribution in [0.3, 0.4) is 0 Å². The molecule has 0 aliphatic carbocycles. The summed E-state index contributed by atoms with van der Waals surface area (Å²) in [4.78, 5) is 91.1. The lowest BCUT2D eigenvalue weighted by atomic mass is 9.97. The van der Waals surface area contributed by atoms with Crippen molar-refractivity contribution in [3.05, 3.63) is 29.8 Å². The minimum Gasteiger partial charge on any atom is -0.769 e. The average Bonchev–Trinajstić information content (AvgIpc) is 0.874. The van der Waals surface area contributed by atoms with Gasteiger partial charge in [0.15, 0.2) is 32.2 Å². The third-order valence-electron chi connectivity index (χ3n) is 14.9. The summed E-state index contributed by atoms with van der Waals surface area (Å²) in [6.45, 7) is 4.29. The minimum absolute atomic E-state index is 0.00706. The highest BCUT2D eigenvalue weighted by molar-refractivity contribution is 7.52. The van der Waals surface area contributed by atoms with Crippen molar-refractivity contribution < 1.29 is 146 Å². The topological polar surface area (TPSA) is 520 Å². The maximum Gasteiger partial charge on any atom is 0.237 e. The highest BCUT2D eigenvalue weighted by atomic mass is 31.2. The molecular weight excluding hydrogens is 1320 g/mol. The van der Waals surface area contributed by atoms with Crippen LogP contribution in [0.1, 0.15) is 40.2 Å². The molecule has 38 heteroatoms. The number of rotatable bonds is 49. The van der Waals surface area contributed by atoms with Crippen LogP contribution in [0.4, 0.5) is 0 Å². The summed E-state index contributed by atoms with van der Waals surface area (Å²) in [5.74, 6) is -3.13. The second kappa shape index (κ2) is 45.9. The van der Waals surface area contributed by atoms with E-state index in [1.165, 1.54) is 51.7 Å². The van der Waals surface area contributed by atoms with E-state index < -0.39 is 179 Å². The molecule has 0 radical (unpaired) electrons. The van der Waals surface area contributed by atoms with Gasteiger partial charge in [0.1, 0.15) is 78.8 Å². The Hall–Kier alpha value is -4.69. The summed E-state index contributed by atoms with van der Waals surface area (Å²) >= 11 is 0. The molecule has 1 aromatic rings. The molecule has 3 aliphatic rings. The van der Waals surface area contributed by atoms with Gasteiger partial charge in [-0.1, -0.05) is 26.0 Å². The van der Waals surface area contributed by atoms with Crippen molar-refractivity contribution in [2.24, 2.45) is 0 Å². The molecule has 0 saturated carbocycles. The number of amides is 5. The number of aliphatic hydroxyl groups is 9. The van der Waals surface area contributed by atoms with Crippen LogP contribution in [-0.4, -0.2) is 348 Å². The van der Waals surface area contributed by atoms with Gasteiger partial charge in [-0.2, -0.15) is 0 Å². The van der Waals surface area contributed by atoms with Gasteiger partial charge in [-0.3, -0.25) is 38.2 Å². The monoisotopic (exact) mass is 1420 g/mol. The molecule has 3 saturated heterocycles. The first-order valence-electron chi connectivity index (χ1n) is 31.9. The predicted octanol–water partition coefficient (Wildman–Crippen LogP) is -8.39. The van der Waals surface area contributed by atoms with Crippen LogP contribution in [0.2, 0.25) is 0 Å². The van der Waals surface area contributed by atoms with Crippen molar-refractivity contribution >= 4 is 42.9 Å². The molecule has 3 aliphatic heterocycles. The molecule has 558 valence electrons. The van der Waals surface area contributed by atoms with E-state index in [-0.39, 0.29) is 137 Å². The number of Topliss-reactive ketones (excluding diaryl/α,β-unsaturated/α-hetero) is 1. The third kappa shape index (κ3) is 30.6. The van der Waals surface area contributed by atoms with E-state index >= 15 is 0 Å². The number of hydrogen-bond acceptors (Lipinski definition) is 32. The number of hydrogen-bond donors (Lipinski definition) is 15. The van der Waals surface area contributed by atoms with Gasteiger partial charge in [-0.05, 0) is 24.1 Å². The lowest BCUT2D eigenvalue weighted by Gasteiger charge is -2.42. The largest absolute Gasteiger partial charge is 0.769 e. The number of benzene rings is 1. The molecule has 37 nitrogen and oxygen atoms in total. The molecular formula is C59H101N7O30P-. The van der Waals surface area contributed by atoms with Gasteiger partial charge in [-0.15, -0.1) is 0 Å². The maximum absolute atomic E-state index is 14.3. The molecule has 0 aromatic heterocycles. The van der Waals surface area contributed by atoms with Crippen LogP contribution < -0.4 is 41.3 Å². The normalized spacial score (nSPS) is 26.8. The molecule has 5 amide bonds. The first-order valence-corrected chi connectivity index (χ1v) is 33.5. The van der Waals surface area contributed by atoms with Gasteiger partial charge in [0.25, 0.3) is 0 Å².